The molecule has 0 N–H and O–H groups in total. The first kappa shape index (κ1) is 11.7. The van der Waals surface area contributed by atoms with Crippen LogP contribution in [0.3, 0.4) is 0 Å². The summed E-state index contributed by atoms with van der Waals surface area (Å²) in [5.41, 5.74) is 1.32. The van der Waals surface area contributed by atoms with Crippen LogP contribution in [0.4, 0.5) is 0 Å². The monoisotopic (exact) mass is 260 g/mol. The van der Waals surface area contributed by atoms with Crippen molar-refractivity contribution in [3.63, 3.8) is 0 Å². The van der Waals surface area contributed by atoms with E-state index in [4.69, 9.17) is 0 Å². The molecule has 2 aromatic rings. The van der Waals surface area contributed by atoms with Gasteiger partial charge in [-0.25, -0.2) is 0 Å². The third kappa shape index (κ3) is 2.42. The van der Waals surface area contributed by atoms with E-state index in [2.05, 4.69) is 26.1 Å². The molecule has 0 saturated carbocycles. The van der Waals surface area contributed by atoms with Gasteiger partial charge < -0.3 is 0 Å². The summed E-state index contributed by atoms with van der Waals surface area (Å²) in [4.78, 5) is 6.71. The van der Waals surface area contributed by atoms with E-state index < -0.39 is 0 Å². The molecule has 3 heterocycles. The van der Waals surface area contributed by atoms with E-state index in [0.29, 0.717) is 6.04 Å². The van der Waals surface area contributed by atoms with E-state index in [9.17, 15) is 0 Å². The Hall–Kier alpha value is -1.33. The summed E-state index contributed by atoms with van der Waals surface area (Å²) in [6.07, 6.45) is 6.27. The first-order valence-corrected chi connectivity index (χ1v) is 7.07. The molecule has 3 rings (SSSR count). The molecule has 0 radical (unpaired) electrons. The predicted molar refractivity (Wildman–Crippen MR) is 71.3 cm³/mol. The van der Waals surface area contributed by atoms with Crippen molar-refractivity contribution in [2.45, 2.75) is 32.4 Å². The Balaban J connectivity index is 1.75. The topological polar surface area (TPSA) is 41.9 Å². The molecule has 5 heteroatoms. The van der Waals surface area contributed by atoms with E-state index in [-0.39, 0.29) is 0 Å². The first-order chi connectivity index (χ1) is 8.83. The minimum absolute atomic E-state index is 0.489. The zero-order chi connectivity index (χ0) is 12.4. The van der Waals surface area contributed by atoms with Gasteiger partial charge in [0.15, 0.2) is 0 Å². The lowest BCUT2D eigenvalue weighted by Crippen LogP contribution is -2.22. The van der Waals surface area contributed by atoms with Gasteiger partial charge in [-0.2, -0.15) is 0 Å². The van der Waals surface area contributed by atoms with Crippen molar-refractivity contribution in [2.24, 2.45) is 0 Å². The maximum Gasteiger partial charge on any atom is 0.131 e. The van der Waals surface area contributed by atoms with Crippen LogP contribution in [0.5, 0.6) is 0 Å². The van der Waals surface area contributed by atoms with Crippen LogP contribution >= 0.6 is 11.3 Å². The molecule has 0 spiro atoms. The standard InChI is InChI=1S/C13H16N4S/c1-10-15-16-13(18-10)9-17-7-3-5-12(17)11-4-2-6-14-8-11/h2,4,6,8,12H,3,5,7,9H2,1H3. The molecular formula is C13H16N4S. The van der Waals surface area contributed by atoms with Gasteiger partial charge in [-0.05, 0) is 37.9 Å². The molecule has 2 aromatic heterocycles. The zero-order valence-electron chi connectivity index (χ0n) is 10.4. The number of hydrogen-bond donors (Lipinski definition) is 0. The molecule has 0 amide bonds. The first-order valence-electron chi connectivity index (χ1n) is 6.26. The van der Waals surface area contributed by atoms with E-state index >= 15 is 0 Å². The second-order valence-corrected chi connectivity index (χ2v) is 5.90. The number of likely N-dealkylation sites (tertiary alicyclic amines) is 1. The van der Waals surface area contributed by atoms with Crippen LogP contribution in [-0.4, -0.2) is 26.6 Å². The SMILES string of the molecule is Cc1nnc(CN2CCCC2c2cccnc2)s1. The number of aromatic nitrogens is 3. The highest BCUT2D eigenvalue weighted by Crippen LogP contribution is 2.32. The van der Waals surface area contributed by atoms with Crippen molar-refractivity contribution < 1.29 is 0 Å². The van der Waals surface area contributed by atoms with Gasteiger partial charge in [-0.15, -0.1) is 21.5 Å². The minimum atomic E-state index is 0.489. The summed E-state index contributed by atoms with van der Waals surface area (Å²) < 4.78 is 0. The Morgan fingerprint density at radius 1 is 1.44 bits per heavy atom. The maximum atomic E-state index is 4.22. The quantitative estimate of drug-likeness (QED) is 0.850. The van der Waals surface area contributed by atoms with E-state index in [1.54, 1.807) is 11.3 Å². The second kappa shape index (κ2) is 5.12. The lowest BCUT2D eigenvalue weighted by molar-refractivity contribution is 0.247. The van der Waals surface area contributed by atoms with Crippen molar-refractivity contribution in [2.75, 3.05) is 6.54 Å². The zero-order valence-corrected chi connectivity index (χ0v) is 11.2. The summed E-state index contributed by atoms with van der Waals surface area (Å²) in [7, 11) is 0. The van der Waals surface area contributed by atoms with Gasteiger partial charge >= 0.3 is 0 Å². The Morgan fingerprint density at radius 2 is 2.39 bits per heavy atom. The largest absolute Gasteiger partial charge is 0.290 e. The smallest absolute Gasteiger partial charge is 0.131 e. The molecule has 1 atom stereocenters. The van der Waals surface area contributed by atoms with E-state index in [1.165, 1.54) is 18.4 Å². The highest BCUT2D eigenvalue weighted by Gasteiger charge is 2.26. The molecule has 0 bridgehead atoms. The third-order valence-corrected chi connectivity index (χ3v) is 4.16. The fourth-order valence-corrected chi connectivity index (χ4v) is 3.28. The lowest BCUT2D eigenvalue weighted by atomic mass is 10.1. The number of aryl methyl sites for hydroxylation is 1. The number of rotatable bonds is 3. The lowest BCUT2D eigenvalue weighted by Gasteiger charge is -2.23. The normalized spacial score (nSPS) is 20.4. The van der Waals surface area contributed by atoms with Crippen molar-refractivity contribution >= 4 is 11.3 Å². The summed E-state index contributed by atoms with van der Waals surface area (Å²) in [5, 5.41) is 10.5. The number of nitrogens with zero attached hydrogens (tertiary/aromatic N) is 4. The molecule has 1 saturated heterocycles. The Bertz CT molecular complexity index is 511. The van der Waals surface area contributed by atoms with Gasteiger partial charge in [0.05, 0.1) is 6.54 Å². The van der Waals surface area contributed by atoms with Crippen molar-refractivity contribution in [1.29, 1.82) is 0 Å². The molecule has 0 aromatic carbocycles. The van der Waals surface area contributed by atoms with E-state index in [1.807, 2.05) is 25.4 Å². The van der Waals surface area contributed by atoms with Gasteiger partial charge in [0.2, 0.25) is 0 Å². The van der Waals surface area contributed by atoms with Crippen LogP contribution in [0.15, 0.2) is 24.5 Å². The molecule has 1 fully saturated rings. The highest BCUT2D eigenvalue weighted by atomic mass is 32.1. The Kier molecular flexibility index (Phi) is 3.34. The second-order valence-electron chi connectivity index (χ2n) is 4.63. The third-order valence-electron chi connectivity index (χ3n) is 3.34. The van der Waals surface area contributed by atoms with Crippen molar-refractivity contribution in [3.8, 4) is 0 Å². The van der Waals surface area contributed by atoms with Crippen LogP contribution in [0.25, 0.3) is 0 Å². The average molecular weight is 260 g/mol. The summed E-state index contributed by atoms with van der Waals surface area (Å²) in [6.45, 7) is 4.05. The van der Waals surface area contributed by atoms with Crippen LogP contribution in [0.1, 0.15) is 34.5 Å². The van der Waals surface area contributed by atoms with Gasteiger partial charge in [0.25, 0.3) is 0 Å². The molecule has 18 heavy (non-hydrogen) atoms. The molecule has 1 unspecified atom stereocenters. The minimum Gasteiger partial charge on any atom is -0.290 e. The number of hydrogen-bond acceptors (Lipinski definition) is 5. The highest BCUT2D eigenvalue weighted by molar-refractivity contribution is 7.11. The van der Waals surface area contributed by atoms with Gasteiger partial charge in [-0.1, -0.05) is 6.07 Å². The Morgan fingerprint density at radius 3 is 3.11 bits per heavy atom. The van der Waals surface area contributed by atoms with Gasteiger partial charge in [0, 0.05) is 18.4 Å². The molecule has 1 aliphatic heterocycles. The van der Waals surface area contributed by atoms with Gasteiger partial charge in [-0.3, -0.25) is 9.88 Å². The average Bonchev–Trinajstić information content (AvgIpc) is 3.00. The van der Waals surface area contributed by atoms with Crippen molar-refractivity contribution in [1.82, 2.24) is 20.1 Å². The molecule has 4 nitrogen and oxygen atoms in total. The van der Waals surface area contributed by atoms with Crippen molar-refractivity contribution in [3.05, 3.63) is 40.1 Å². The summed E-state index contributed by atoms with van der Waals surface area (Å²) in [6, 6.07) is 4.67. The fraction of sp³-hybridized carbons (Fsp3) is 0.462. The summed E-state index contributed by atoms with van der Waals surface area (Å²) in [5.74, 6) is 0. The van der Waals surface area contributed by atoms with Crippen LogP contribution in [0.2, 0.25) is 0 Å². The van der Waals surface area contributed by atoms with Crippen LogP contribution in [0, 0.1) is 6.92 Å². The predicted octanol–water partition coefficient (Wildman–Crippen LogP) is 2.58. The molecule has 94 valence electrons. The van der Waals surface area contributed by atoms with Crippen LogP contribution < -0.4 is 0 Å². The molecule has 0 aliphatic carbocycles. The van der Waals surface area contributed by atoms with Crippen LogP contribution in [-0.2, 0) is 6.54 Å². The molecular weight excluding hydrogens is 244 g/mol. The fourth-order valence-electron chi connectivity index (χ4n) is 2.54. The van der Waals surface area contributed by atoms with Gasteiger partial charge in [0.1, 0.15) is 10.0 Å². The van der Waals surface area contributed by atoms with E-state index in [0.717, 1.165) is 23.1 Å². The number of pyridine rings is 1. The molecule has 1 aliphatic rings. The Labute approximate surface area is 111 Å². The summed E-state index contributed by atoms with van der Waals surface area (Å²) >= 11 is 1.69. The maximum absolute atomic E-state index is 4.22.